The number of phenols is 1. The van der Waals surface area contributed by atoms with E-state index in [1.807, 2.05) is 6.08 Å². The van der Waals surface area contributed by atoms with E-state index in [1.165, 1.54) is 20.3 Å². The number of methoxy groups -OCH3 is 2. The molecule has 2 amide bonds. The fraction of sp³-hybridized carbons (Fsp3) is 0.367. The molecule has 0 unspecified atom stereocenters. The van der Waals surface area contributed by atoms with Crippen molar-refractivity contribution < 1.29 is 43.7 Å². The highest BCUT2D eigenvalue weighted by atomic mass is 79.9. The van der Waals surface area contributed by atoms with Gasteiger partial charge in [0.05, 0.1) is 30.5 Å². The summed E-state index contributed by atoms with van der Waals surface area (Å²) in [4.78, 5) is 65.5. The minimum absolute atomic E-state index is 0.0204. The Morgan fingerprint density at radius 2 is 1.78 bits per heavy atom. The van der Waals surface area contributed by atoms with Gasteiger partial charge in [-0.15, -0.1) is 0 Å². The molecular weight excluding hydrogens is 598 g/mol. The van der Waals surface area contributed by atoms with Gasteiger partial charge < -0.3 is 19.7 Å². The number of ether oxygens (including phenoxy) is 2. The van der Waals surface area contributed by atoms with Crippen LogP contribution in [0.1, 0.15) is 31.2 Å². The standard InChI is InChI=1S/C30H28BrNO9/c1-40-22-10-14(11-23(41-2)28(22)37)5-6-16-15-7-8-17-26(30(39)32(29(17)38)9-3-4-24(34)35)18(15)12-19-25(16)21(33)13-20(31)27(19)36/h5-7,10-11,13,16-18,26,37H,3-4,8-9,12H2,1-2H3,(H,34,35)/t16-,17-,18+,26-/m0/s1. The first-order chi connectivity index (χ1) is 19.6. The van der Waals surface area contributed by atoms with Gasteiger partial charge in [-0.2, -0.15) is 0 Å². The Morgan fingerprint density at radius 3 is 2.41 bits per heavy atom. The quantitative estimate of drug-likeness (QED) is 0.251. The van der Waals surface area contributed by atoms with Gasteiger partial charge >= 0.3 is 5.97 Å². The van der Waals surface area contributed by atoms with Crippen LogP contribution in [0.2, 0.25) is 0 Å². The summed E-state index contributed by atoms with van der Waals surface area (Å²) in [6, 6.07) is 3.21. The molecule has 1 fully saturated rings. The van der Waals surface area contributed by atoms with Crippen molar-refractivity contribution in [1.29, 1.82) is 0 Å². The van der Waals surface area contributed by atoms with Gasteiger partial charge in [0.25, 0.3) is 0 Å². The number of halogens is 1. The van der Waals surface area contributed by atoms with Crippen LogP contribution in [0.25, 0.3) is 6.08 Å². The number of imide groups is 1. The molecule has 1 aromatic rings. The molecular formula is C30H28BrNO9. The van der Waals surface area contributed by atoms with Gasteiger partial charge in [-0.05, 0) is 58.8 Å². The predicted octanol–water partition coefficient (Wildman–Crippen LogP) is 3.58. The van der Waals surface area contributed by atoms with Gasteiger partial charge in [-0.3, -0.25) is 28.9 Å². The van der Waals surface area contributed by atoms with Crippen LogP contribution in [0.15, 0.2) is 51.6 Å². The summed E-state index contributed by atoms with van der Waals surface area (Å²) >= 11 is 3.20. The third-order valence-corrected chi connectivity index (χ3v) is 8.82. The van der Waals surface area contributed by atoms with E-state index in [0.717, 1.165) is 10.5 Å². The second kappa shape index (κ2) is 11.1. The van der Waals surface area contributed by atoms with Crippen molar-refractivity contribution in [2.24, 2.45) is 23.7 Å². The highest BCUT2D eigenvalue weighted by molar-refractivity contribution is 9.12. The van der Waals surface area contributed by atoms with Gasteiger partial charge in [0, 0.05) is 36.1 Å². The molecule has 5 rings (SSSR count). The number of amides is 2. The van der Waals surface area contributed by atoms with Crippen LogP contribution >= 0.6 is 15.9 Å². The lowest BCUT2D eigenvalue weighted by molar-refractivity contribution is -0.142. The average Bonchev–Trinajstić information content (AvgIpc) is 3.19. The van der Waals surface area contributed by atoms with Crippen LogP contribution in [-0.4, -0.2) is 65.2 Å². The zero-order valence-electron chi connectivity index (χ0n) is 22.4. The Labute approximate surface area is 244 Å². The molecule has 4 atom stereocenters. The van der Waals surface area contributed by atoms with Crippen molar-refractivity contribution in [2.45, 2.75) is 25.7 Å². The van der Waals surface area contributed by atoms with Crippen LogP contribution < -0.4 is 9.47 Å². The van der Waals surface area contributed by atoms with Gasteiger partial charge in [0.1, 0.15) is 0 Å². The molecule has 1 saturated heterocycles. The van der Waals surface area contributed by atoms with Gasteiger partial charge in [-0.1, -0.05) is 23.8 Å². The predicted molar refractivity (Wildman–Crippen MR) is 149 cm³/mol. The first-order valence-electron chi connectivity index (χ1n) is 13.2. The minimum Gasteiger partial charge on any atom is -0.502 e. The molecule has 214 valence electrons. The van der Waals surface area contributed by atoms with Crippen LogP contribution in [-0.2, 0) is 24.0 Å². The molecule has 0 bridgehead atoms. The van der Waals surface area contributed by atoms with E-state index in [9.17, 15) is 29.1 Å². The summed E-state index contributed by atoms with van der Waals surface area (Å²) in [6.07, 6.45) is 7.11. The van der Waals surface area contributed by atoms with E-state index in [-0.39, 0.29) is 70.9 Å². The zero-order valence-corrected chi connectivity index (χ0v) is 24.0. The van der Waals surface area contributed by atoms with Crippen molar-refractivity contribution in [3.05, 3.63) is 57.1 Å². The van der Waals surface area contributed by atoms with Crippen LogP contribution in [0.5, 0.6) is 17.2 Å². The number of fused-ring (bicyclic) bond motifs is 3. The lowest BCUT2D eigenvalue weighted by Crippen LogP contribution is -2.40. The summed E-state index contributed by atoms with van der Waals surface area (Å²) < 4.78 is 10.6. The number of hydrogen-bond donors (Lipinski definition) is 2. The lowest BCUT2D eigenvalue weighted by atomic mass is 9.61. The van der Waals surface area contributed by atoms with Crippen molar-refractivity contribution in [2.75, 3.05) is 20.8 Å². The molecule has 1 heterocycles. The number of rotatable bonds is 8. The number of likely N-dealkylation sites (tertiary alicyclic amines) is 1. The summed E-state index contributed by atoms with van der Waals surface area (Å²) in [7, 11) is 2.82. The SMILES string of the molecule is COc1cc(C=C[C@H]2C3=CC[C@@H]4C(=O)N(CCCC(=O)O)C(=O)[C@@H]4[C@@H]3CC3=C2C(=O)C=C(Br)C3=O)cc(OC)c1O. The fourth-order valence-electron chi connectivity index (χ4n) is 6.38. The topological polar surface area (TPSA) is 148 Å². The van der Waals surface area contributed by atoms with E-state index in [1.54, 1.807) is 24.3 Å². The van der Waals surface area contributed by atoms with Crippen LogP contribution in [0.4, 0.5) is 0 Å². The van der Waals surface area contributed by atoms with Crippen LogP contribution in [0, 0.1) is 23.7 Å². The normalized spacial score (nSPS) is 25.6. The van der Waals surface area contributed by atoms with Crippen LogP contribution in [0.3, 0.4) is 0 Å². The number of nitrogens with zero attached hydrogens (tertiary/aromatic N) is 1. The Balaban J connectivity index is 1.55. The number of allylic oxidation sites excluding steroid dienone is 7. The number of phenolic OH excluding ortho intramolecular Hbond substituents is 1. The Bertz CT molecular complexity index is 1480. The van der Waals surface area contributed by atoms with Crippen molar-refractivity contribution >= 4 is 51.4 Å². The number of ketones is 2. The molecule has 41 heavy (non-hydrogen) atoms. The smallest absolute Gasteiger partial charge is 0.303 e. The number of carbonyl (C=O) groups excluding carboxylic acids is 4. The van der Waals surface area contributed by atoms with E-state index in [0.29, 0.717) is 23.1 Å². The molecule has 0 saturated carbocycles. The third-order valence-electron chi connectivity index (χ3n) is 8.23. The Kier molecular flexibility index (Phi) is 7.74. The van der Waals surface area contributed by atoms with Gasteiger partial charge in [0.15, 0.2) is 23.1 Å². The first kappa shape index (κ1) is 28.5. The number of aliphatic carboxylic acids is 1. The highest BCUT2D eigenvalue weighted by Gasteiger charge is 2.55. The number of benzene rings is 1. The monoisotopic (exact) mass is 625 g/mol. The molecule has 1 aromatic carbocycles. The molecule has 0 spiro atoms. The Hall–Kier alpha value is -3.99. The van der Waals surface area contributed by atoms with Crippen molar-refractivity contribution in [3.8, 4) is 17.2 Å². The molecule has 0 radical (unpaired) electrons. The largest absolute Gasteiger partial charge is 0.502 e. The molecule has 0 aromatic heterocycles. The fourth-order valence-corrected chi connectivity index (χ4v) is 6.82. The van der Waals surface area contributed by atoms with Gasteiger partial charge in [0.2, 0.25) is 17.6 Å². The van der Waals surface area contributed by atoms with E-state index < -0.39 is 29.6 Å². The molecule has 3 aliphatic carbocycles. The van der Waals surface area contributed by atoms with Crippen molar-refractivity contribution in [3.63, 3.8) is 0 Å². The molecule has 11 heteroatoms. The summed E-state index contributed by atoms with van der Waals surface area (Å²) in [5.41, 5.74) is 2.05. The van der Waals surface area contributed by atoms with Gasteiger partial charge in [-0.25, -0.2) is 0 Å². The number of Topliss-reactive ketones (excluding diaryl/α,β-unsaturated/α-hetero) is 1. The lowest BCUT2D eigenvalue weighted by Gasteiger charge is -2.41. The minimum atomic E-state index is -1.00. The zero-order chi connectivity index (χ0) is 29.6. The van der Waals surface area contributed by atoms with E-state index in [2.05, 4.69) is 15.9 Å². The maximum atomic E-state index is 13.6. The maximum absolute atomic E-state index is 13.6. The highest BCUT2D eigenvalue weighted by Crippen LogP contribution is 2.53. The second-order valence-corrected chi connectivity index (χ2v) is 11.3. The summed E-state index contributed by atoms with van der Waals surface area (Å²) in [5.74, 6) is -4.55. The summed E-state index contributed by atoms with van der Waals surface area (Å²) in [5, 5.41) is 19.3. The third kappa shape index (κ3) is 4.92. The number of carboxylic acids is 1. The molecule has 4 aliphatic rings. The second-order valence-electron chi connectivity index (χ2n) is 10.4. The van der Waals surface area contributed by atoms with Crippen molar-refractivity contribution in [1.82, 2.24) is 4.90 Å². The molecule has 2 N–H and O–H groups in total. The summed E-state index contributed by atoms with van der Waals surface area (Å²) in [6.45, 7) is 0.0204. The number of carboxylic acid groups (broad SMARTS) is 1. The average molecular weight is 626 g/mol. The molecule has 1 aliphatic heterocycles. The maximum Gasteiger partial charge on any atom is 0.303 e. The number of hydrogen-bond acceptors (Lipinski definition) is 8. The molecule has 10 nitrogen and oxygen atoms in total. The number of carbonyl (C=O) groups is 5. The Morgan fingerprint density at radius 1 is 1.10 bits per heavy atom. The van der Waals surface area contributed by atoms with E-state index in [4.69, 9.17) is 14.6 Å². The van der Waals surface area contributed by atoms with E-state index >= 15 is 0 Å². The number of aromatic hydroxyl groups is 1. The first-order valence-corrected chi connectivity index (χ1v) is 14.0.